The van der Waals surface area contributed by atoms with Crippen LogP contribution < -0.4 is 11.0 Å². The highest BCUT2D eigenvalue weighted by Crippen LogP contribution is 2.20. The first-order valence-electron chi connectivity index (χ1n) is 6.74. The predicted molar refractivity (Wildman–Crippen MR) is 88.3 cm³/mol. The third kappa shape index (κ3) is 2.12. The van der Waals surface area contributed by atoms with E-state index in [2.05, 4.69) is 15.5 Å². The van der Waals surface area contributed by atoms with Crippen LogP contribution in [0.15, 0.2) is 59.5 Å². The van der Waals surface area contributed by atoms with Gasteiger partial charge in [0.2, 0.25) is 0 Å². The molecule has 0 aliphatic rings. The van der Waals surface area contributed by atoms with Crippen LogP contribution in [0.5, 0.6) is 0 Å². The third-order valence-corrected chi connectivity index (χ3v) is 3.69. The maximum Gasteiger partial charge on any atom is 0.259 e. The van der Waals surface area contributed by atoms with Crippen molar-refractivity contribution in [3.63, 3.8) is 0 Å². The summed E-state index contributed by atoms with van der Waals surface area (Å²) in [4.78, 5) is 16.5. The van der Waals surface area contributed by atoms with Gasteiger partial charge in [0.1, 0.15) is 5.52 Å². The SMILES string of the molecule is O=c1[nH]c2ccccc2c2nn(Nc3cccc(Cl)c3)cc12. The lowest BCUT2D eigenvalue weighted by molar-refractivity contribution is 0.817. The Morgan fingerprint density at radius 3 is 2.82 bits per heavy atom. The van der Waals surface area contributed by atoms with Crippen molar-refractivity contribution in [1.82, 2.24) is 14.9 Å². The number of nitrogens with one attached hydrogen (secondary N) is 2. The van der Waals surface area contributed by atoms with E-state index < -0.39 is 0 Å². The summed E-state index contributed by atoms with van der Waals surface area (Å²) in [5.74, 6) is 0. The zero-order chi connectivity index (χ0) is 15.1. The van der Waals surface area contributed by atoms with Crippen LogP contribution in [-0.2, 0) is 0 Å². The number of rotatable bonds is 2. The van der Waals surface area contributed by atoms with Crippen LogP contribution in [0.25, 0.3) is 21.8 Å². The fourth-order valence-electron chi connectivity index (χ4n) is 2.47. The number of fused-ring (bicyclic) bond motifs is 3. The molecular formula is C16H11ClN4O. The summed E-state index contributed by atoms with van der Waals surface area (Å²) in [6.07, 6.45) is 1.67. The molecule has 4 aromatic rings. The van der Waals surface area contributed by atoms with E-state index in [-0.39, 0.29) is 5.56 Å². The molecule has 2 heterocycles. The fourth-order valence-corrected chi connectivity index (χ4v) is 2.67. The van der Waals surface area contributed by atoms with E-state index >= 15 is 0 Å². The van der Waals surface area contributed by atoms with Crippen molar-refractivity contribution >= 4 is 39.1 Å². The van der Waals surface area contributed by atoms with Crippen LogP contribution in [0.2, 0.25) is 5.02 Å². The molecule has 0 radical (unpaired) electrons. The molecular weight excluding hydrogens is 300 g/mol. The molecule has 6 heteroatoms. The van der Waals surface area contributed by atoms with Gasteiger partial charge in [0, 0.05) is 10.4 Å². The lowest BCUT2D eigenvalue weighted by atomic mass is 10.2. The first-order chi connectivity index (χ1) is 10.7. The fraction of sp³-hybridized carbons (Fsp3) is 0. The summed E-state index contributed by atoms with van der Waals surface area (Å²) in [5.41, 5.74) is 5.16. The summed E-state index contributed by atoms with van der Waals surface area (Å²) in [6, 6.07) is 14.9. The molecule has 0 aliphatic heterocycles. The number of halogens is 1. The highest BCUT2D eigenvalue weighted by atomic mass is 35.5. The van der Waals surface area contributed by atoms with Gasteiger partial charge in [-0.15, -0.1) is 0 Å². The van der Waals surface area contributed by atoms with Crippen LogP contribution in [0.4, 0.5) is 5.69 Å². The first kappa shape index (κ1) is 12.9. The van der Waals surface area contributed by atoms with Gasteiger partial charge in [-0.25, -0.2) is 0 Å². The third-order valence-electron chi connectivity index (χ3n) is 3.46. The van der Waals surface area contributed by atoms with Gasteiger partial charge < -0.3 is 4.98 Å². The zero-order valence-electron chi connectivity index (χ0n) is 11.4. The van der Waals surface area contributed by atoms with Gasteiger partial charge >= 0.3 is 0 Å². The molecule has 2 aromatic heterocycles. The van der Waals surface area contributed by atoms with E-state index in [0.29, 0.717) is 15.9 Å². The smallest absolute Gasteiger partial charge is 0.259 e. The zero-order valence-corrected chi connectivity index (χ0v) is 12.1. The van der Waals surface area contributed by atoms with Gasteiger partial charge in [0.05, 0.1) is 22.8 Å². The lowest BCUT2D eigenvalue weighted by Gasteiger charge is -2.05. The quantitative estimate of drug-likeness (QED) is 0.596. The standard InChI is InChI=1S/C16H11ClN4O/c17-10-4-3-5-11(8-10)19-21-9-13-15(20-21)12-6-1-2-7-14(12)18-16(13)22/h1-9,19H,(H,18,22). The molecule has 0 amide bonds. The van der Waals surface area contributed by atoms with Gasteiger partial charge in [-0.2, -0.15) is 9.89 Å². The second kappa shape index (κ2) is 4.89. The van der Waals surface area contributed by atoms with Crippen molar-refractivity contribution < 1.29 is 0 Å². The number of aromatic amines is 1. The highest BCUT2D eigenvalue weighted by molar-refractivity contribution is 6.30. The van der Waals surface area contributed by atoms with Crippen LogP contribution in [-0.4, -0.2) is 14.9 Å². The van der Waals surface area contributed by atoms with Crippen LogP contribution >= 0.6 is 11.6 Å². The van der Waals surface area contributed by atoms with E-state index in [9.17, 15) is 4.79 Å². The topological polar surface area (TPSA) is 62.7 Å². The molecule has 5 nitrogen and oxygen atoms in total. The predicted octanol–water partition coefficient (Wildman–Crippen LogP) is 3.41. The van der Waals surface area contributed by atoms with Gasteiger partial charge in [0.15, 0.2) is 0 Å². The Kier molecular flexibility index (Phi) is 2.87. The average molecular weight is 311 g/mol. The number of anilines is 1. The van der Waals surface area contributed by atoms with Gasteiger partial charge in [-0.1, -0.05) is 35.9 Å². The maximum absolute atomic E-state index is 12.2. The number of pyridine rings is 1. The summed E-state index contributed by atoms with van der Waals surface area (Å²) in [5, 5.41) is 6.54. The number of hydrogen-bond donors (Lipinski definition) is 2. The molecule has 0 fully saturated rings. The molecule has 2 N–H and O–H groups in total. The number of nitrogens with zero attached hydrogens (tertiary/aromatic N) is 2. The molecule has 0 unspecified atom stereocenters. The molecule has 0 atom stereocenters. The molecule has 4 rings (SSSR count). The molecule has 2 aromatic carbocycles. The number of hydrogen-bond acceptors (Lipinski definition) is 3. The Morgan fingerprint density at radius 2 is 1.95 bits per heavy atom. The lowest BCUT2D eigenvalue weighted by Crippen LogP contribution is -2.09. The van der Waals surface area contributed by atoms with Crippen molar-refractivity contribution in [3.05, 3.63) is 70.1 Å². The Morgan fingerprint density at radius 1 is 1.09 bits per heavy atom. The second-order valence-corrected chi connectivity index (χ2v) is 5.39. The van der Waals surface area contributed by atoms with Crippen LogP contribution in [0.3, 0.4) is 0 Å². The van der Waals surface area contributed by atoms with Gasteiger partial charge in [-0.05, 0) is 24.3 Å². The van der Waals surface area contributed by atoms with E-state index in [1.165, 1.54) is 4.79 Å². The molecule has 0 spiro atoms. The van der Waals surface area contributed by atoms with Crippen LogP contribution in [0.1, 0.15) is 0 Å². The molecule has 0 bridgehead atoms. The largest absolute Gasteiger partial charge is 0.321 e. The molecule has 108 valence electrons. The Labute approximate surface area is 130 Å². The van der Waals surface area contributed by atoms with Crippen molar-refractivity contribution in [2.24, 2.45) is 0 Å². The molecule has 0 aliphatic carbocycles. The number of para-hydroxylation sites is 1. The number of H-pyrrole nitrogens is 1. The Balaban J connectivity index is 1.88. The first-order valence-corrected chi connectivity index (χ1v) is 7.11. The minimum absolute atomic E-state index is 0.159. The minimum Gasteiger partial charge on any atom is -0.321 e. The maximum atomic E-state index is 12.2. The van der Waals surface area contributed by atoms with Crippen molar-refractivity contribution in [2.75, 3.05) is 5.43 Å². The minimum atomic E-state index is -0.159. The highest BCUT2D eigenvalue weighted by Gasteiger charge is 2.09. The van der Waals surface area contributed by atoms with E-state index in [1.54, 1.807) is 18.3 Å². The Hall–Kier alpha value is -2.79. The molecule has 22 heavy (non-hydrogen) atoms. The number of benzene rings is 2. The molecule has 0 saturated heterocycles. The van der Waals surface area contributed by atoms with Gasteiger partial charge in [0.25, 0.3) is 5.56 Å². The van der Waals surface area contributed by atoms with Gasteiger partial charge in [-0.3, -0.25) is 10.2 Å². The van der Waals surface area contributed by atoms with E-state index in [0.717, 1.165) is 16.6 Å². The second-order valence-electron chi connectivity index (χ2n) is 4.96. The average Bonchev–Trinajstić information content (AvgIpc) is 2.92. The Bertz CT molecular complexity index is 1050. The summed E-state index contributed by atoms with van der Waals surface area (Å²) in [7, 11) is 0. The van der Waals surface area contributed by atoms with Crippen molar-refractivity contribution in [1.29, 1.82) is 0 Å². The normalized spacial score (nSPS) is 11.1. The van der Waals surface area contributed by atoms with E-state index in [4.69, 9.17) is 11.6 Å². The van der Waals surface area contributed by atoms with Crippen LogP contribution in [0, 0.1) is 0 Å². The number of aromatic nitrogens is 3. The summed E-state index contributed by atoms with van der Waals surface area (Å²) < 4.78 is 0. The van der Waals surface area contributed by atoms with Crippen molar-refractivity contribution in [3.8, 4) is 0 Å². The van der Waals surface area contributed by atoms with E-state index in [1.807, 2.05) is 36.4 Å². The molecule has 0 saturated carbocycles. The monoisotopic (exact) mass is 310 g/mol. The summed E-state index contributed by atoms with van der Waals surface area (Å²) >= 11 is 5.97. The van der Waals surface area contributed by atoms with Crippen molar-refractivity contribution in [2.45, 2.75) is 0 Å². The summed E-state index contributed by atoms with van der Waals surface area (Å²) in [6.45, 7) is 0.